The Balaban J connectivity index is 1.53. The lowest BCUT2D eigenvalue weighted by atomic mass is 10.2. The summed E-state index contributed by atoms with van der Waals surface area (Å²) in [7, 11) is 1.79. The lowest BCUT2D eigenvalue weighted by molar-refractivity contribution is 0.803. The predicted octanol–water partition coefficient (Wildman–Crippen LogP) is 3.00. The minimum absolute atomic E-state index is 0.693. The maximum atomic E-state index is 4.55. The number of guanidine groups is 1. The molecule has 2 heterocycles. The molecule has 2 aromatic rings. The van der Waals surface area contributed by atoms with Crippen LogP contribution in [0.5, 0.6) is 0 Å². The number of thiazole rings is 1. The molecule has 5 nitrogen and oxygen atoms in total. The second-order valence-corrected chi connectivity index (χ2v) is 7.36. The SMILES string of the molecule is CN=C(NCc1cccc(N2CC=CC2)c1)NCc1nc(C)c(C)s1. The van der Waals surface area contributed by atoms with Gasteiger partial charge in [0.05, 0.1) is 12.2 Å². The highest BCUT2D eigenvalue weighted by Gasteiger charge is 2.08. The number of aliphatic imine (C=N–C) groups is 1. The van der Waals surface area contributed by atoms with E-state index in [1.807, 2.05) is 6.92 Å². The third-order valence-electron chi connectivity index (χ3n) is 4.26. The van der Waals surface area contributed by atoms with Gasteiger partial charge in [0, 0.05) is 37.2 Å². The lowest BCUT2D eigenvalue weighted by Crippen LogP contribution is -2.36. The number of aryl methyl sites for hydroxylation is 2. The van der Waals surface area contributed by atoms with Gasteiger partial charge in [-0.1, -0.05) is 24.3 Å². The van der Waals surface area contributed by atoms with Gasteiger partial charge in [-0.2, -0.15) is 0 Å². The average Bonchev–Trinajstić information content (AvgIpc) is 3.26. The molecule has 0 saturated heterocycles. The summed E-state index contributed by atoms with van der Waals surface area (Å²) < 4.78 is 0. The third-order valence-corrected chi connectivity index (χ3v) is 5.33. The molecule has 0 atom stereocenters. The fourth-order valence-electron chi connectivity index (χ4n) is 2.73. The molecular weight excluding hydrogens is 330 g/mol. The standard InChI is InChI=1S/C19H25N5S/c1-14-15(2)25-18(23-14)13-22-19(20-3)21-12-16-7-6-8-17(11-16)24-9-4-5-10-24/h4-8,11H,9-10,12-13H2,1-3H3,(H2,20,21,22). The molecule has 25 heavy (non-hydrogen) atoms. The Morgan fingerprint density at radius 3 is 2.64 bits per heavy atom. The number of anilines is 1. The molecule has 0 radical (unpaired) electrons. The van der Waals surface area contributed by atoms with Gasteiger partial charge in [-0.25, -0.2) is 4.98 Å². The summed E-state index contributed by atoms with van der Waals surface area (Å²) in [5.41, 5.74) is 3.62. The zero-order valence-electron chi connectivity index (χ0n) is 15.0. The van der Waals surface area contributed by atoms with Gasteiger partial charge >= 0.3 is 0 Å². The molecule has 1 aromatic carbocycles. The van der Waals surface area contributed by atoms with Gasteiger partial charge in [0.25, 0.3) is 0 Å². The van der Waals surface area contributed by atoms with E-state index < -0.39 is 0 Å². The van der Waals surface area contributed by atoms with E-state index in [2.05, 4.69) is 68.9 Å². The average molecular weight is 356 g/mol. The topological polar surface area (TPSA) is 52.6 Å². The van der Waals surface area contributed by atoms with Crippen LogP contribution in [0.4, 0.5) is 5.69 Å². The van der Waals surface area contributed by atoms with E-state index >= 15 is 0 Å². The summed E-state index contributed by atoms with van der Waals surface area (Å²) in [6.45, 7) is 7.57. The normalized spacial score (nSPS) is 14.2. The third kappa shape index (κ3) is 4.60. The van der Waals surface area contributed by atoms with Gasteiger partial charge in [-0.05, 0) is 31.5 Å². The van der Waals surface area contributed by atoms with Crippen LogP contribution in [0, 0.1) is 13.8 Å². The van der Waals surface area contributed by atoms with Crippen LogP contribution >= 0.6 is 11.3 Å². The Hall–Kier alpha value is -2.34. The molecule has 0 unspecified atom stereocenters. The highest BCUT2D eigenvalue weighted by atomic mass is 32.1. The van der Waals surface area contributed by atoms with Crippen molar-refractivity contribution in [1.29, 1.82) is 0 Å². The fourth-order valence-corrected chi connectivity index (χ4v) is 3.61. The molecule has 0 saturated carbocycles. The Labute approximate surface area is 153 Å². The summed E-state index contributed by atoms with van der Waals surface area (Å²) >= 11 is 1.73. The zero-order valence-corrected chi connectivity index (χ0v) is 15.9. The van der Waals surface area contributed by atoms with Crippen LogP contribution in [0.15, 0.2) is 41.4 Å². The van der Waals surface area contributed by atoms with E-state index in [-0.39, 0.29) is 0 Å². The van der Waals surface area contributed by atoms with E-state index in [4.69, 9.17) is 0 Å². The number of hydrogen-bond donors (Lipinski definition) is 2. The van der Waals surface area contributed by atoms with E-state index in [0.717, 1.165) is 36.3 Å². The van der Waals surface area contributed by atoms with Crippen LogP contribution in [0.1, 0.15) is 21.1 Å². The molecule has 0 spiro atoms. The summed E-state index contributed by atoms with van der Waals surface area (Å²) in [5, 5.41) is 7.79. The molecule has 0 fully saturated rings. The van der Waals surface area contributed by atoms with Gasteiger partial charge in [0.2, 0.25) is 0 Å². The van der Waals surface area contributed by atoms with Crippen molar-refractivity contribution in [2.75, 3.05) is 25.0 Å². The first kappa shape index (κ1) is 17.5. The molecule has 1 aromatic heterocycles. The Bertz CT molecular complexity index is 750. The first-order chi connectivity index (χ1) is 12.2. The number of benzene rings is 1. The first-order valence-electron chi connectivity index (χ1n) is 8.52. The summed E-state index contributed by atoms with van der Waals surface area (Å²) in [6.07, 6.45) is 4.41. The molecule has 1 aliphatic heterocycles. The number of aromatic nitrogens is 1. The molecule has 1 aliphatic rings. The second-order valence-electron chi connectivity index (χ2n) is 6.07. The Kier molecular flexibility index (Phi) is 5.71. The van der Waals surface area contributed by atoms with E-state index in [1.54, 1.807) is 18.4 Å². The molecule has 0 bridgehead atoms. The lowest BCUT2D eigenvalue weighted by Gasteiger charge is -2.19. The van der Waals surface area contributed by atoms with Gasteiger partial charge < -0.3 is 15.5 Å². The Morgan fingerprint density at radius 2 is 1.96 bits per heavy atom. The number of rotatable bonds is 5. The second kappa shape index (κ2) is 8.16. The smallest absolute Gasteiger partial charge is 0.191 e. The molecule has 3 rings (SSSR count). The fraction of sp³-hybridized carbons (Fsp3) is 0.368. The molecule has 6 heteroatoms. The van der Waals surface area contributed by atoms with Crippen LogP contribution in [-0.2, 0) is 13.1 Å². The number of nitrogens with zero attached hydrogens (tertiary/aromatic N) is 3. The maximum Gasteiger partial charge on any atom is 0.191 e. The minimum Gasteiger partial charge on any atom is -0.364 e. The van der Waals surface area contributed by atoms with Gasteiger partial charge in [0.15, 0.2) is 5.96 Å². The first-order valence-corrected chi connectivity index (χ1v) is 9.33. The van der Waals surface area contributed by atoms with Crippen LogP contribution in [0.25, 0.3) is 0 Å². The summed E-state index contributed by atoms with van der Waals surface area (Å²) in [6, 6.07) is 8.65. The monoisotopic (exact) mass is 355 g/mol. The highest BCUT2D eigenvalue weighted by molar-refractivity contribution is 7.11. The zero-order chi connectivity index (χ0) is 17.6. The largest absolute Gasteiger partial charge is 0.364 e. The van der Waals surface area contributed by atoms with Crippen LogP contribution in [0.2, 0.25) is 0 Å². The van der Waals surface area contributed by atoms with E-state index in [0.29, 0.717) is 6.54 Å². The minimum atomic E-state index is 0.693. The van der Waals surface area contributed by atoms with Crippen molar-refractivity contribution in [3.05, 3.63) is 57.6 Å². The summed E-state index contributed by atoms with van der Waals surface area (Å²) in [5.74, 6) is 0.791. The Morgan fingerprint density at radius 1 is 1.20 bits per heavy atom. The molecule has 2 N–H and O–H groups in total. The number of nitrogens with one attached hydrogen (secondary N) is 2. The molecular formula is C19H25N5S. The van der Waals surface area contributed by atoms with Crippen LogP contribution in [0.3, 0.4) is 0 Å². The molecule has 0 aliphatic carbocycles. The van der Waals surface area contributed by atoms with Crippen LogP contribution in [-0.4, -0.2) is 31.1 Å². The van der Waals surface area contributed by atoms with Crippen molar-refractivity contribution >= 4 is 23.0 Å². The molecule has 132 valence electrons. The van der Waals surface area contributed by atoms with E-state index in [9.17, 15) is 0 Å². The molecule has 0 amide bonds. The van der Waals surface area contributed by atoms with Gasteiger partial charge in [0.1, 0.15) is 5.01 Å². The van der Waals surface area contributed by atoms with Crippen molar-refractivity contribution in [2.24, 2.45) is 4.99 Å². The maximum absolute atomic E-state index is 4.55. The highest BCUT2D eigenvalue weighted by Crippen LogP contribution is 2.18. The van der Waals surface area contributed by atoms with E-state index in [1.165, 1.54) is 16.1 Å². The van der Waals surface area contributed by atoms with Gasteiger partial charge in [-0.3, -0.25) is 4.99 Å². The van der Waals surface area contributed by atoms with Crippen molar-refractivity contribution in [3.8, 4) is 0 Å². The number of hydrogen-bond acceptors (Lipinski definition) is 4. The summed E-state index contributed by atoms with van der Waals surface area (Å²) in [4.78, 5) is 12.5. The van der Waals surface area contributed by atoms with Crippen molar-refractivity contribution in [3.63, 3.8) is 0 Å². The predicted molar refractivity (Wildman–Crippen MR) is 106 cm³/mol. The van der Waals surface area contributed by atoms with Crippen molar-refractivity contribution in [2.45, 2.75) is 26.9 Å². The quantitative estimate of drug-likeness (QED) is 0.492. The van der Waals surface area contributed by atoms with Crippen LogP contribution < -0.4 is 15.5 Å². The van der Waals surface area contributed by atoms with Crippen molar-refractivity contribution < 1.29 is 0 Å². The van der Waals surface area contributed by atoms with Crippen molar-refractivity contribution in [1.82, 2.24) is 15.6 Å². The van der Waals surface area contributed by atoms with Gasteiger partial charge in [-0.15, -0.1) is 11.3 Å².